The third kappa shape index (κ3) is 2.62. The molecule has 0 fully saturated rings. The van der Waals surface area contributed by atoms with Gasteiger partial charge in [-0.05, 0) is 44.9 Å². The molecule has 0 saturated carbocycles. The van der Waals surface area contributed by atoms with Crippen LogP contribution in [0.3, 0.4) is 0 Å². The Balaban J connectivity index is 2.17. The zero-order valence-electron chi connectivity index (χ0n) is 13.4. The van der Waals surface area contributed by atoms with E-state index in [0.29, 0.717) is 16.7 Å². The Labute approximate surface area is 134 Å². The Kier molecular flexibility index (Phi) is 3.70. The average molecular weight is 313 g/mol. The fourth-order valence-electron chi connectivity index (χ4n) is 3.18. The average Bonchev–Trinajstić information content (AvgIpc) is 2.47. The molecule has 0 amide bonds. The van der Waals surface area contributed by atoms with E-state index in [2.05, 4.69) is 0 Å². The van der Waals surface area contributed by atoms with Gasteiger partial charge in [0.15, 0.2) is 0 Å². The van der Waals surface area contributed by atoms with Crippen LogP contribution >= 0.6 is 0 Å². The van der Waals surface area contributed by atoms with E-state index in [1.54, 1.807) is 19.1 Å². The molecule has 1 heterocycles. The van der Waals surface area contributed by atoms with E-state index >= 15 is 0 Å². The Morgan fingerprint density at radius 2 is 2.00 bits per heavy atom. The van der Waals surface area contributed by atoms with Gasteiger partial charge < -0.3 is 9.84 Å². The predicted octanol–water partition coefficient (Wildman–Crippen LogP) is 3.37. The maximum absolute atomic E-state index is 11.3. The number of aliphatic hydroxyl groups is 1. The van der Waals surface area contributed by atoms with Gasteiger partial charge in [0.2, 0.25) is 5.79 Å². The van der Waals surface area contributed by atoms with Crippen molar-refractivity contribution in [1.29, 1.82) is 0 Å². The Bertz CT molecular complexity index is 787. The smallest absolute Gasteiger partial charge is 0.272 e. The summed E-state index contributed by atoms with van der Waals surface area (Å²) in [6.45, 7) is 5.53. The summed E-state index contributed by atoms with van der Waals surface area (Å²) in [5.41, 5.74) is 3.82. The van der Waals surface area contributed by atoms with Crippen LogP contribution in [0.25, 0.3) is 0 Å². The molecule has 1 N–H and O–H groups in total. The van der Waals surface area contributed by atoms with Crippen molar-refractivity contribution >= 4 is 5.69 Å². The molecule has 5 heteroatoms. The summed E-state index contributed by atoms with van der Waals surface area (Å²) in [5, 5.41) is 22.2. The summed E-state index contributed by atoms with van der Waals surface area (Å²) in [6, 6.07) is 10.5. The van der Waals surface area contributed by atoms with Gasteiger partial charge in [0.25, 0.3) is 5.69 Å². The molecule has 1 aliphatic heterocycles. The summed E-state index contributed by atoms with van der Waals surface area (Å²) in [4.78, 5) is 10.6. The molecule has 0 spiro atoms. The lowest BCUT2D eigenvalue weighted by Gasteiger charge is -2.38. The van der Waals surface area contributed by atoms with Crippen LogP contribution < -0.4 is 0 Å². The van der Waals surface area contributed by atoms with E-state index in [9.17, 15) is 15.2 Å². The van der Waals surface area contributed by atoms with Crippen LogP contribution in [0.2, 0.25) is 0 Å². The number of fused-ring (bicyclic) bond motifs is 1. The zero-order valence-corrected chi connectivity index (χ0v) is 13.4. The highest BCUT2D eigenvalue weighted by Crippen LogP contribution is 2.40. The molecule has 120 valence electrons. The highest BCUT2D eigenvalue weighted by Gasteiger charge is 2.40. The summed E-state index contributed by atoms with van der Waals surface area (Å²) in [6.07, 6.45) is 0.579. The zero-order chi connectivity index (χ0) is 16.8. The number of nitro benzene ring substituents is 1. The van der Waals surface area contributed by atoms with Crippen molar-refractivity contribution < 1.29 is 14.8 Å². The minimum atomic E-state index is -1.58. The van der Waals surface area contributed by atoms with Gasteiger partial charge in [0.1, 0.15) is 0 Å². The van der Waals surface area contributed by atoms with Gasteiger partial charge in [-0.3, -0.25) is 10.1 Å². The van der Waals surface area contributed by atoms with Crippen LogP contribution in [-0.2, 0) is 16.9 Å². The lowest BCUT2D eigenvalue weighted by atomic mass is 9.86. The van der Waals surface area contributed by atoms with E-state index in [4.69, 9.17) is 4.74 Å². The molecule has 2 unspecified atom stereocenters. The quantitative estimate of drug-likeness (QED) is 0.681. The molecule has 0 radical (unpaired) electrons. The molecule has 2 aromatic carbocycles. The van der Waals surface area contributed by atoms with Crippen molar-refractivity contribution in [2.24, 2.45) is 0 Å². The first kappa shape index (κ1) is 15.6. The molecule has 0 aromatic heterocycles. The summed E-state index contributed by atoms with van der Waals surface area (Å²) >= 11 is 0. The number of aryl methyl sites for hydroxylation is 2. The Morgan fingerprint density at radius 3 is 2.65 bits per heavy atom. The molecule has 5 nitrogen and oxygen atoms in total. The van der Waals surface area contributed by atoms with Crippen molar-refractivity contribution in [2.45, 2.75) is 39.1 Å². The van der Waals surface area contributed by atoms with E-state index in [-0.39, 0.29) is 11.8 Å². The van der Waals surface area contributed by atoms with Gasteiger partial charge >= 0.3 is 0 Å². The van der Waals surface area contributed by atoms with E-state index < -0.39 is 10.7 Å². The molecule has 3 rings (SSSR count). The fourth-order valence-corrected chi connectivity index (χ4v) is 3.18. The molecule has 1 aliphatic rings. The van der Waals surface area contributed by atoms with Crippen LogP contribution in [0.15, 0.2) is 36.4 Å². The third-order valence-corrected chi connectivity index (χ3v) is 4.29. The summed E-state index contributed by atoms with van der Waals surface area (Å²) in [7, 11) is 0. The highest BCUT2D eigenvalue weighted by molar-refractivity contribution is 5.48. The topological polar surface area (TPSA) is 72.6 Å². The second-order valence-corrected chi connectivity index (χ2v) is 6.20. The molecule has 0 saturated heterocycles. The largest absolute Gasteiger partial charge is 0.358 e. The lowest BCUT2D eigenvalue weighted by molar-refractivity contribution is -0.385. The van der Waals surface area contributed by atoms with E-state index in [1.807, 2.05) is 32.0 Å². The van der Waals surface area contributed by atoms with Gasteiger partial charge in [-0.25, -0.2) is 0 Å². The normalized spacial score (nSPS) is 23.4. The number of ether oxygens (including phenoxy) is 1. The van der Waals surface area contributed by atoms with Crippen molar-refractivity contribution in [3.63, 3.8) is 0 Å². The van der Waals surface area contributed by atoms with Crippen LogP contribution in [0, 0.1) is 24.0 Å². The number of rotatable bonds is 2. The SMILES string of the molecule is Cc1ccc2c(c1)C(O)(c1ccc([N+](=O)[O-])c(C)c1)OC(C)C2. The molecule has 0 aliphatic carbocycles. The van der Waals surface area contributed by atoms with Crippen LogP contribution in [0.4, 0.5) is 5.69 Å². The number of nitro groups is 1. The van der Waals surface area contributed by atoms with Gasteiger partial charge in [0, 0.05) is 22.8 Å². The fraction of sp³-hybridized carbons (Fsp3) is 0.333. The number of hydrogen-bond donors (Lipinski definition) is 1. The number of hydrogen-bond acceptors (Lipinski definition) is 4. The molecular weight excluding hydrogens is 294 g/mol. The van der Waals surface area contributed by atoms with Crippen LogP contribution in [0.1, 0.15) is 34.7 Å². The van der Waals surface area contributed by atoms with Crippen molar-refractivity contribution in [2.75, 3.05) is 0 Å². The van der Waals surface area contributed by atoms with Gasteiger partial charge in [-0.15, -0.1) is 0 Å². The lowest BCUT2D eigenvalue weighted by Crippen LogP contribution is -2.40. The van der Waals surface area contributed by atoms with E-state index in [1.165, 1.54) is 6.07 Å². The van der Waals surface area contributed by atoms with E-state index in [0.717, 1.165) is 17.5 Å². The second kappa shape index (κ2) is 5.44. The molecular formula is C18H19NO4. The van der Waals surface area contributed by atoms with Gasteiger partial charge in [0.05, 0.1) is 11.0 Å². The Hall–Kier alpha value is -2.24. The highest BCUT2D eigenvalue weighted by atomic mass is 16.6. The van der Waals surface area contributed by atoms with Crippen molar-refractivity contribution in [3.8, 4) is 0 Å². The number of nitrogens with zero attached hydrogens (tertiary/aromatic N) is 1. The Morgan fingerprint density at radius 1 is 1.26 bits per heavy atom. The van der Waals surface area contributed by atoms with Crippen LogP contribution in [-0.4, -0.2) is 16.1 Å². The molecule has 2 aromatic rings. The minimum Gasteiger partial charge on any atom is -0.358 e. The molecule has 0 bridgehead atoms. The monoisotopic (exact) mass is 313 g/mol. The minimum absolute atomic E-state index is 0.0330. The number of benzene rings is 2. The van der Waals surface area contributed by atoms with Crippen molar-refractivity contribution in [3.05, 3.63) is 74.3 Å². The summed E-state index contributed by atoms with van der Waals surface area (Å²) in [5.74, 6) is -1.58. The van der Waals surface area contributed by atoms with Gasteiger partial charge in [-0.1, -0.05) is 23.8 Å². The standard InChI is InChI=1S/C18H19NO4/c1-11-4-5-14-10-13(3)23-18(20,16(14)8-11)15-6-7-17(19(21)22)12(2)9-15/h4-9,13,20H,10H2,1-3H3. The first-order chi connectivity index (χ1) is 10.8. The van der Waals surface area contributed by atoms with Gasteiger partial charge in [-0.2, -0.15) is 0 Å². The summed E-state index contributed by atoms with van der Waals surface area (Å²) < 4.78 is 5.88. The maximum atomic E-state index is 11.3. The van der Waals surface area contributed by atoms with Crippen molar-refractivity contribution in [1.82, 2.24) is 0 Å². The first-order valence-electron chi connectivity index (χ1n) is 7.57. The van der Waals surface area contributed by atoms with Crippen LogP contribution in [0.5, 0.6) is 0 Å². The molecule has 2 atom stereocenters. The second-order valence-electron chi connectivity index (χ2n) is 6.20. The maximum Gasteiger partial charge on any atom is 0.272 e. The molecule has 23 heavy (non-hydrogen) atoms. The first-order valence-corrected chi connectivity index (χ1v) is 7.57. The third-order valence-electron chi connectivity index (χ3n) is 4.29. The predicted molar refractivity (Wildman–Crippen MR) is 86.3 cm³/mol.